The maximum atomic E-state index is 13.0. The summed E-state index contributed by atoms with van der Waals surface area (Å²) in [5.41, 5.74) is 0. The summed E-state index contributed by atoms with van der Waals surface area (Å²) in [6, 6.07) is -0.738. The van der Waals surface area contributed by atoms with Crippen molar-refractivity contribution in [1.82, 2.24) is 54.3 Å². The number of likely N-dealkylation sites (N-methyl/N-ethyl adjacent to an activating group) is 10. The van der Waals surface area contributed by atoms with Gasteiger partial charge in [-0.3, -0.25) is 67.1 Å². The third-order valence-corrected chi connectivity index (χ3v) is 11.7. The molecule has 412 valence electrons. The highest BCUT2D eigenvalue weighted by atomic mass is 16.2. The zero-order chi connectivity index (χ0) is 56.6. The number of hydrogen-bond donors (Lipinski definition) is 1. The highest BCUT2D eigenvalue weighted by molar-refractivity contribution is 5.95. The minimum absolute atomic E-state index is 0.0359. The third kappa shape index (κ3) is 25.4. The molecule has 1 atom stereocenters. The van der Waals surface area contributed by atoms with E-state index in [9.17, 15) is 67.1 Å². The predicted molar refractivity (Wildman–Crippen MR) is 266 cm³/mol. The maximum absolute atomic E-state index is 13.0. The predicted octanol–water partition coefficient (Wildman–Crippen LogP) is -2.57. The molecule has 1 unspecified atom stereocenters. The van der Waals surface area contributed by atoms with E-state index in [0.29, 0.717) is 19.3 Å². The van der Waals surface area contributed by atoms with Crippen LogP contribution in [-0.2, 0) is 67.1 Å². The van der Waals surface area contributed by atoms with Crippen molar-refractivity contribution in [2.45, 2.75) is 79.2 Å². The largest absolute Gasteiger partial charge is 0.345 e. The number of Topliss-reactive ketones (excluding diaryl/α,β-unsaturated/α-hetero) is 3. The summed E-state index contributed by atoms with van der Waals surface area (Å²) in [6.45, 7) is 4.29. The van der Waals surface area contributed by atoms with Crippen molar-refractivity contribution in [1.29, 1.82) is 0 Å². The van der Waals surface area contributed by atoms with Crippen LogP contribution in [0.2, 0.25) is 0 Å². The lowest BCUT2D eigenvalue weighted by molar-refractivity contribution is -0.146. The maximum Gasteiger partial charge on any atom is 0.242 e. The highest BCUT2D eigenvalue weighted by Crippen LogP contribution is 2.09. The first kappa shape index (κ1) is 66.2. The van der Waals surface area contributed by atoms with Crippen molar-refractivity contribution in [3.8, 4) is 0 Å². The van der Waals surface area contributed by atoms with Crippen LogP contribution in [0.4, 0.5) is 0 Å². The molecule has 0 rings (SSSR count). The smallest absolute Gasteiger partial charge is 0.242 e. The summed E-state index contributed by atoms with van der Waals surface area (Å²) in [5, 5.41) is 2.54. The molecule has 0 aromatic heterocycles. The summed E-state index contributed by atoms with van der Waals surface area (Å²) in [7, 11) is 13.4. The summed E-state index contributed by atoms with van der Waals surface area (Å²) < 4.78 is 0. The van der Waals surface area contributed by atoms with Gasteiger partial charge in [0.25, 0.3) is 0 Å². The molecule has 11 amide bonds. The Hall–Kier alpha value is -6.82. The van der Waals surface area contributed by atoms with Crippen LogP contribution < -0.4 is 5.32 Å². The molecule has 0 spiro atoms. The van der Waals surface area contributed by atoms with Crippen LogP contribution in [0.1, 0.15) is 73.1 Å². The second-order valence-electron chi connectivity index (χ2n) is 19.2. The van der Waals surface area contributed by atoms with Gasteiger partial charge in [-0.05, 0) is 19.8 Å². The Kier molecular flexibility index (Phi) is 29.3. The fourth-order valence-electron chi connectivity index (χ4n) is 6.37. The summed E-state index contributed by atoms with van der Waals surface area (Å²) in [4.78, 5) is 188. The summed E-state index contributed by atoms with van der Waals surface area (Å²) in [6.07, 6.45) is 1.55. The van der Waals surface area contributed by atoms with Crippen LogP contribution >= 0.6 is 0 Å². The van der Waals surface area contributed by atoms with E-state index in [-0.39, 0.29) is 67.4 Å². The van der Waals surface area contributed by atoms with Gasteiger partial charge in [0.2, 0.25) is 65.0 Å². The van der Waals surface area contributed by atoms with Crippen molar-refractivity contribution in [2.24, 2.45) is 11.8 Å². The molecule has 0 radical (unpaired) electrons. The zero-order valence-electron chi connectivity index (χ0n) is 45.7. The Bertz CT molecular complexity index is 2030. The van der Waals surface area contributed by atoms with Crippen molar-refractivity contribution < 1.29 is 67.1 Å². The van der Waals surface area contributed by atoms with E-state index in [1.807, 2.05) is 0 Å². The first-order valence-electron chi connectivity index (χ1n) is 24.0. The lowest BCUT2D eigenvalue weighted by Crippen LogP contribution is -2.49. The van der Waals surface area contributed by atoms with Gasteiger partial charge in [-0.2, -0.15) is 0 Å². The molecule has 0 saturated heterocycles. The van der Waals surface area contributed by atoms with Gasteiger partial charge in [0.1, 0.15) is 11.6 Å². The molecular formula is C48H81N11O14. The molecule has 0 heterocycles. The topological polar surface area (TPSA) is 283 Å². The van der Waals surface area contributed by atoms with Crippen molar-refractivity contribution in [3.05, 3.63) is 0 Å². The van der Waals surface area contributed by atoms with Gasteiger partial charge in [-0.25, -0.2) is 0 Å². The second-order valence-corrected chi connectivity index (χ2v) is 19.2. The van der Waals surface area contributed by atoms with Crippen LogP contribution in [0.5, 0.6) is 0 Å². The van der Waals surface area contributed by atoms with Gasteiger partial charge >= 0.3 is 0 Å². The second kappa shape index (κ2) is 32.3. The van der Waals surface area contributed by atoms with Crippen LogP contribution in [0.3, 0.4) is 0 Å². The minimum atomic E-state index is -0.738. The van der Waals surface area contributed by atoms with E-state index in [1.54, 1.807) is 34.6 Å². The molecule has 0 aromatic carbocycles. The molecule has 0 aliphatic heterocycles. The Labute approximate surface area is 429 Å². The molecule has 1 N–H and O–H groups in total. The minimum Gasteiger partial charge on any atom is -0.345 e. The quantitative estimate of drug-likeness (QED) is 0.0726. The number of nitrogens with zero attached hydrogens (tertiary/aromatic N) is 10. The molecule has 25 heteroatoms. The number of ketones is 3. The molecular weight excluding hydrogens is 955 g/mol. The fourth-order valence-corrected chi connectivity index (χ4v) is 6.37. The number of amides is 11. The Morgan fingerprint density at radius 3 is 0.781 bits per heavy atom. The van der Waals surface area contributed by atoms with E-state index in [0.717, 1.165) is 44.1 Å². The normalized spacial score (nSPS) is 11.1. The molecule has 25 nitrogen and oxygen atoms in total. The molecule has 0 aromatic rings. The lowest BCUT2D eigenvalue weighted by Gasteiger charge is -2.27. The Balaban J connectivity index is 4.86. The average molecular weight is 1040 g/mol. The molecule has 0 aliphatic rings. The van der Waals surface area contributed by atoms with Gasteiger partial charge in [0, 0.05) is 108 Å². The van der Waals surface area contributed by atoms with Crippen LogP contribution in [-0.4, -0.2) is 273 Å². The molecule has 0 saturated carbocycles. The first-order valence-corrected chi connectivity index (χ1v) is 24.0. The highest BCUT2D eigenvalue weighted by Gasteiger charge is 2.27. The van der Waals surface area contributed by atoms with Crippen molar-refractivity contribution in [2.75, 3.05) is 136 Å². The third-order valence-electron chi connectivity index (χ3n) is 11.7. The Morgan fingerprint density at radius 1 is 0.301 bits per heavy atom. The van der Waals surface area contributed by atoms with Gasteiger partial charge < -0.3 is 54.3 Å². The van der Waals surface area contributed by atoms with E-state index in [2.05, 4.69) is 5.32 Å². The number of nitrogens with one attached hydrogen (secondary N) is 1. The van der Waals surface area contributed by atoms with Crippen LogP contribution in [0.25, 0.3) is 0 Å². The number of rotatable bonds is 32. The van der Waals surface area contributed by atoms with Gasteiger partial charge in [0.05, 0.1) is 71.5 Å². The number of carbonyl (C=O) groups is 14. The Morgan fingerprint density at radius 2 is 0.534 bits per heavy atom. The monoisotopic (exact) mass is 1040 g/mol. The number of carbonyl (C=O) groups excluding carboxylic acids is 14. The first-order chi connectivity index (χ1) is 33.7. The fraction of sp³-hybridized carbons (Fsp3) is 0.708. The SMILES string of the molecule is CC(C)C(=O)CCCC(=O)CCCC(=O)N(C)CC(=O)N(C)CC(=O)N(C)CC(=O)N(C)CC(=O)N(C)CC(=O)N(C)CC(=O)N(C)CC(=O)N(C)CC(=O)N(C)CC(=O)N(C)CC(=O)NC(C)C(=O)C(C)C. The summed E-state index contributed by atoms with van der Waals surface area (Å²) in [5.74, 6) is -6.91. The van der Waals surface area contributed by atoms with Crippen molar-refractivity contribution >= 4 is 82.3 Å². The zero-order valence-corrected chi connectivity index (χ0v) is 45.7. The summed E-state index contributed by atoms with van der Waals surface area (Å²) >= 11 is 0. The van der Waals surface area contributed by atoms with E-state index in [1.165, 1.54) is 75.4 Å². The van der Waals surface area contributed by atoms with E-state index in [4.69, 9.17) is 0 Å². The van der Waals surface area contributed by atoms with Crippen molar-refractivity contribution in [3.63, 3.8) is 0 Å². The van der Waals surface area contributed by atoms with Gasteiger partial charge in [-0.1, -0.05) is 27.7 Å². The molecule has 0 bridgehead atoms. The number of hydrogen-bond acceptors (Lipinski definition) is 14. The molecule has 0 fully saturated rings. The average Bonchev–Trinajstić information content (AvgIpc) is 3.30. The van der Waals surface area contributed by atoms with Crippen LogP contribution in [0, 0.1) is 11.8 Å². The standard InChI is InChI=1S/C48H81N11O14/c1-32(2)36(61)20-16-18-35(60)19-17-21-38(63)51(7)23-40(65)53(9)25-42(67)55(11)27-44(69)57(13)29-46(71)59(15)31-47(72)58(14)30-45(70)56(12)28-43(68)54(10)26-41(66)52(8)24-39(64)50(6)22-37(62)49-34(5)48(73)33(3)4/h32-34H,16-31H2,1-15H3,(H,49,62). The van der Waals surface area contributed by atoms with Crippen LogP contribution in [0.15, 0.2) is 0 Å². The molecule has 0 aliphatic carbocycles. The van der Waals surface area contributed by atoms with E-state index < -0.39 is 117 Å². The van der Waals surface area contributed by atoms with Gasteiger partial charge in [-0.15, -0.1) is 0 Å². The lowest BCUT2D eigenvalue weighted by atomic mass is 10.0. The molecule has 73 heavy (non-hydrogen) atoms. The van der Waals surface area contributed by atoms with E-state index >= 15 is 0 Å². The van der Waals surface area contributed by atoms with Gasteiger partial charge in [0.15, 0.2) is 5.78 Å².